The summed E-state index contributed by atoms with van der Waals surface area (Å²) in [6.45, 7) is 6.02. The number of anilines is 2. The van der Waals surface area contributed by atoms with Crippen molar-refractivity contribution in [3.63, 3.8) is 0 Å². The van der Waals surface area contributed by atoms with Gasteiger partial charge in [-0.15, -0.1) is 0 Å². The molecular weight excluding hydrogens is 240 g/mol. The van der Waals surface area contributed by atoms with Crippen molar-refractivity contribution in [3.05, 3.63) is 5.56 Å². The van der Waals surface area contributed by atoms with E-state index in [1.807, 2.05) is 13.8 Å². The van der Waals surface area contributed by atoms with Crippen molar-refractivity contribution in [3.8, 4) is 0 Å². The molecule has 0 saturated carbocycles. The standard InChI is InChI=1S/C10H16N4O2S/c1-10(2)5-16-4-3-14(10)9-6(8(12)15)7(11)13-17-9/h3-5H2,1-2H3,(H2,11,13)(H2,12,15). The van der Waals surface area contributed by atoms with Crippen LogP contribution in [0.15, 0.2) is 0 Å². The highest BCUT2D eigenvalue weighted by Gasteiger charge is 2.34. The summed E-state index contributed by atoms with van der Waals surface area (Å²) in [4.78, 5) is 13.5. The molecule has 2 rings (SSSR count). The Morgan fingerprint density at radius 3 is 2.88 bits per heavy atom. The Morgan fingerprint density at radius 1 is 1.59 bits per heavy atom. The third kappa shape index (κ3) is 2.07. The summed E-state index contributed by atoms with van der Waals surface area (Å²) in [5, 5.41) is 0.739. The molecule has 4 N–H and O–H groups in total. The first kappa shape index (κ1) is 12.1. The summed E-state index contributed by atoms with van der Waals surface area (Å²) in [6, 6.07) is 0. The van der Waals surface area contributed by atoms with Gasteiger partial charge in [-0.3, -0.25) is 4.79 Å². The van der Waals surface area contributed by atoms with E-state index in [0.29, 0.717) is 25.3 Å². The van der Waals surface area contributed by atoms with E-state index in [9.17, 15) is 4.79 Å². The van der Waals surface area contributed by atoms with E-state index < -0.39 is 5.91 Å². The fraction of sp³-hybridized carbons (Fsp3) is 0.600. The van der Waals surface area contributed by atoms with Gasteiger partial charge in [-0.1, -0.05) is 0 Å². The molecule has 0 aromatic carbocycles. The number of primary amides is 1. The number of rotatable bonds is 2. The SMILES string of the molecule is CC1(C)COCCN1c1snc(N)c1C(N)=O. The summed E-state index contributed by atoms with van der Waals surface area (Å²) in [5.41, 5.74) is 11.2. The number of hydrogen-bond donors (Lipinski definition) is 2. The predicted octanol–water partition coefficient (Wildman–Crippen LogP) is 0.439. The number of aromatic nitrogens is 1. The average Bonchev–Trinajstić information content (AvgIpc) is 2.59. The molecular formula is C10H16N4O2S. The van der Waals surface area contributed by atoms with Crippen LogP contribution in [0.4, 0.5) is 10.8 Å². The van der Waals surface area contributed by atoms with E-state index in [0.717, 1.165) is 5.00 Å². The minimum atomic E-state index is -0.534. The first-order valence-corrected chi connectivity index (χ1v) is 6.11. The molecule has 1 aromatic rings. The van der Waals surface area contributed by atoms with Crippen LogP contribution in [-0.4, -0.2) is 35.6 Å². The van der Waals surface area contributed by atoms with Crippen molar-refractivity contribution in [1.29, 1.82) is 0 Å². The van der Waals surface area contributed by atoms with Crippen molar-refractivity contribution >= 4 is 28.3 Å². The highest BCUT2D eigenvalue weighted by atomic mass is 32.1. The minimum absolute atomic E-state index is 0.193. The van der Waals surface area contributed by atoms with Crippen LogP contribution >= 0.6 is 11.5 Å². The third-order valence-corrected chi connectivity index (χ3v) is 3.72. The zero-order valence-corrected chi connectivity index (χ0v) is 10.7. The number of carbonyl (C=O) groups is 1. The van der Waals surface area contributed by atoms with E-state index in [2.05, 4.69) is 9.27 Å². The molecule has 0 spiro atoms. The van der Waals surface area contributed by atoms with Gasteiger partial charge in [0.2, 0.25) is 0 Å². The van der Waals surface area contributed by atoms with Crippen LogP contribution in [-0.2, 0) is 4.74 Å². The Morgan fingerprint density at radius 2 is 2.29 bits per heavy atom. The largest absolute Gasteiger partial charge is 0.382 e. The van der Waals surface area contributed by atoms with Crippen molar-refractivity contribution < 1.29 is 9.53 Å². The van der Waals surface area contributed by atoms with Crippen LogP contribution in [0.1, 0.15) is 24.2 Å². The fourth-order valence-electron chi connectivity index (χ4n) is 1.94. The molecule has 0 aliphatic carbocycles. The molecule has 2 heterocycles. The van der Waals surface area contributed by atoms with Crippen molar-refractivity contribution in [2.45, 2.75) is 19.4 Å². The monoisotopic (exact) mass is 256 g/mol. The molecule has 1 saturated heterocycles. The second-order valence-corrected chi connectivity index (χ2v) is 5.38. The van der Waals surface area contributed by atoms with Crippen LogP contribution in [0.3, 0.4) is 0 Å². The predicted molar refractivity (Wildman–Crippen MR) is 67.3 cm³/mol. The highest BCUT2D eigenvalue weighted by molar-refractivity contribution is 7.11. The van der Waals surface area contributed by atoms with E-state index >= 15 is 0 Å². The maximum Gasteiger partial charge on any atom is 0.255 e. The molecule has 94 valence electrons. The number of ether oxygens (including phenoxy) is 1. The number of hydrogen-bond acceptors (Lipinski definition) is 6. The highest BCUT2D eigenvalue weighted by Crippen LogP contribution is 2.35. The molecule has 17 heavy (non-hydrogen) atoms. The normalized spacial score (nSPS) is 19.3. The van der Waals surface area contributed by atoms with Crippen molar-refractivity contribution in [2.75, 3.05) is 30.4 Å². The molecule has 1 aromatic heterocycles. The number of nitrogens with zero attached hydrogens (tertiary/aromatic N) is 2. The fourth-order valence-corrected chi connectivity index (χ4v) is 2.95. The van der Waals surface area contributed by atoms with Gasteiger partial charge in [0.25, 0.3) is 5.91 Å². The zero-order valence-electron chi connectivity index (χ0n) is 9.90. The second kappa shape index (κ2) is 4.15. The second-order valence-electron chi connectivity index (χ2n) is 4.63. The maximum atomic E-state index is 11.4. The maximum absolute atomic E-state index is 11.4. The van der Waals surface area contributed by atoms with Gasteiger partial charge in [0.1, 0.15) is 10.6 Å². The quantitative estimate of drug-likeness (QED) is 0.800. The Labute approximate surface area is 104 Å². The number of morpholine rings is 1. The lowest BCUT2D eigenvalue weighted by Gasteiger charge is -2.42. The molecule has 1 amide bonds. The van der Waals surface area contributed by atoms with Gasteiger partial charge in [-0.05, 0) is 25.4 Å². The molecule has 0 atom stereocenters. The number of nitrogen functional groups attached to an aromatic ring is 1. The average molecular weight is 256 g/mol. The zero-order chi connectivity index (χ0) is 12.6. The topological polar surface area (TPSA) is 94.5 Å². The molecule has 0 unspecified atom stereocenters. The van der Waals surface area contributed by atoms with Crippen LogP contribution < -0.4 is 16.4 Å². The summed E-state index contributed by atoms with van der Waals surface area (Å²) in [7, 11) is 0. The number of amides is 1. The minimum Gasteiger partial charge on any atom is -0.382 e. The lowest BCUT2D eigenvalue weighted by Crippen LogP contribution is -2.53. The number of carbonyl (C=O) groups excluding carboxylic acids is 1. The Bertz CT molecular complexity index is 444. The Balaban J connectivity index is 2.42. The summed E-state index contributed by atoms with van der Waals surface area (Å²) in [6.07, 6.45) is 0. The molecule has 7 heteroatoms. The van der Waals surface area contributed by atoms with Crippen LogP contribution in [0.2, 0.25) is 0 Å². The molecule has 0 radical (unpaired) electrons. The van der Waals surface area contributed by atoms with Gasteiger partial charge in [0.05, 0.1) is 18.8 Å². The van der Waals surface area contributed by atoms with Gasteiger partial charge in [-0.2, -0.15) is 4.37 Å². The van der Waals surface area contributed by atoms with E-state index in [1.54, 1.807) is 0 Å². The Kier molecular flexibility index (Phi) is 2.96. The summed E-state index contributed by atoms with van der Waals surface area (Å²) >= 11 is 1.21. The van der Waals surface area contributed by atoms with Crippen LogP contribution in [0.25, 0.3) is 0 Å². The van der Waals surface area contributed by atoms with Gasteiger partial charge >= 0.3 is 0 Å². The van der Waals surface area contributed by atoms with Gasteiger partial charge < -0.3 is 21.1 Å². The summed E-state index contributed by atoms with van der Waals surface area (Å²) < 4.78 is 9.45. The van der Waals surface area contributed by atoms with Gasteiger partial charge in [0, 0.05) is 6.54 Å². The van der Waals surface area contributed by atoms with Crippen LogP contribution in [0.5, 0.6) is 0 Å². The van der Waals surface area contributed by atoms with Crippen molar-refractivity contribution in [1.82, 2.24) is 4.37 Å². The van der Waals surface area contributed by atoms with E-state index in [1.165, 1.54) is 11.5 Å². The molecule has 0 bridgehead atoms. The van der Waals surface area contributed by atoms with Gasteiger partial charge in [0.15, 0.2) is 5.82 Å². The molecule has 1 aliphatic heterocycles. The number of nitrogens with two attached hydrogens (primary N) is 2. The van der Waals surface area contributed by atoms with Crippen molar-refractivity contribution in [2.24, 2.45) is 5.73 Å². The molecule has 1 aliphatic rings. The smallest absolute Gasteiger partial charge is 0.255 e. The summed E-state index contributed by atoms with van der Waals surface area (Å²) in [5.74, 6) is -0.326. The lowest BCUT2D eigenvalue weighted by molar-refractivity contribution is 0.0646. The van der Waals surface area contributed by atoms with Gasteiger partial charge in [-0.25, -0.2) is 0 Å². The first-order chi connectivity index (χ1) is 7.93. The van der Waals surface area contributed by atoms with E-state index in [-0.39, 0.29) is 11.4 Å². The molecule has 1 fully saturated rings. The van der Waals surface area contributed by atoms with Crippen LogP contribution in [0, 0.1) is 0 Å². The molecule has 6 nitrogen and oxygen atoms in total. The Hall–Kier alpha value is -1.34. The third-order valence-electron chi connectivity index (χ3n) is 2.84. The van der Waals surface area contributed by atoms with E-state index in [4.69, 9.17) is 16.2 Å². The first-order valence-electron chi connectivity index (χ1n) is 5.34. The lowest BCUT2D eigenvalue weighted by atomic mass is 10.0.